The lowest BCUT2D eigenvalue weighted by Crippen LogP contribution is -2.38. The number of carbonyl (C=O) groups is 2. The van der Waals surface area contributed by atoms with Crippen LogP contribution in [0.2, 0.25) is 0 Å². The van der Waals surface area contributed by atoms with Crippen LogP contribution in [-0.4, -0.2) is 30.5 Å². The van der Waals surface area contributed by atoms with Gasteiger partial charge < -0.3 is 9.47 Å². The number of hydrogen-bond donors (Lipinski definition) is 0. The van der Waals surface area contributed by atoms with Gasteiger partial charge >= 0.3 is 11.9 Å². The summed E-state index contributed by atoms with van der Waals surface area (Å²) < 4.78 is 10.3. The number of carbonyl (C=O) groups excluding carboxylic acids is 2. The van der Waals surface area contributed by atoms with Gasteiger partial charge in [-0.25, -0.2) is 4.79 Å². The molecule has 0 aromatic carbocycles. The van der Waals surface area contributed by atoms with Gasteiger partial charge in [-0.1, -0.05) is 0 Å². The van der Waals surface area contributed by atoms with E-state index in [9.17, 15) is 9.59 Å². The first kappa shape index (κ1) is 13.9. The monoisotopic (exact) mass is 312 g/mol. The van der Waals surface area contributed by atoms with Crippen LogP contribution in [0.3, 0.4) is 0 Å². The summed E-state index contributed by atoms with van der Waals surface area (Å²) in [6.07, 6.45) is 6.53. The summed E-state index contributed by atoms with van der Waals surface area (Å²) >= 11 is 5.33. The van der Waals surface area contributed by atoms with Crippen LogP contribution in [0.5, 0.6) is 0 Å². The molecule has 4 fully saturated rings. The van der Waals surface area contributed by atoms with Gasteiger partial charge in [0.05, 0.1) is 0 Å². The third-order valence-electron chi connectivity index (χ3n) is 6.42. The maximum atomic E-state index is 11.8. The lowest BCUT2D eigenvalue weighted by Gasteiger charge is -2.38. The zero-order chi connectivity index (χ0) is 14.6. The summed E-state index contributed by atoms with van der Waals surface area (Å²) in [4.78, 5) is 22.8. The first-order valence-electron chi connectivity index (χ1n) is 8.08. The van der Waals surface area contributed by atoms with E-state index >= 15 is 0 Å². The van der Waals surface area contributed by atoms with E-state index in [0.717, 1.165) is 36.0 Å². The van der Waals surface area contributed by atoms with Crippen molar-refractivity contribution in [3.63, 3.8) is 0 Å². The molecule has 7 atom stereocenters. The molecule has 116 valence electrons. The summed E-state index contributed by atoms with van der Waals surface area (Å²) in [5.74, 6) is 3.64. The molecule has 4 rings (SSSR count). The molecular weight excluding hydrogens is 292 g/mol. The minimum atomic E-state index is -0.574. The third kappa shape index (κ3) is 2.18. The van der Waals surface area contributed by atoms with Crippen molar-refractivity contribution >= 4 is 23.5 Å². The Balaban J connectivity index is 1.34. The lowest BCUT2D eigenvalue weighted by molar-refractivity contribution is -0.164. The Hall–Kier alpha value is -0.770. The molecule has 21 heavy (non-hydrogen) atoms. The predicted octanol–water partition coefficient (Wildman–Crippen LogP) is 2.38. The predicted molar refractivity (Wildman–Crippen MR) is 75.6 cm³/mol. The average molecular weight is 313 g/mol. The average Bonchev–Trinajstić information content (AvgIpc) is 3.22. The first-order chi connectivity index (χ1) is 10.2. The quantitative estimate of drug-likeness (QED) is 0.454. The second-order valence-corrected chi connectivity index (χ2v) is 7.47. The van der Waals surface area contributed by atoms with Crippen molar-refractivity contribution in [3.05, 3.63) is 0 Å². The van der Waals surface area contributed by atoms with Crippen LogP contribution in [0.15, 0.2) is 0 Å². The number of hydrogen-bond acceptors (Lipinski definition) is 4. The number of fused-ring (bicyclic) bond motifs is 9. The van der Waals surface area contributed by atoms with E-state index in [2.05, 4.69) is 0 Å². The van der Waals surface area contributed by atoms with Crippen molar-refractivity contribution in [2.45, 2.75) is 38.2 Å². The van der Waals surface area contributed by atoms with E-state index in [1.165, 1.54) is 25.7 Å². The Labute approximate surface area is 129 Å². The smallest absolute Gasteiger partial charge is 0.344 e. The van der Waals surface area contributed by atoms with Gasteiger partial charge in [0.25, 0.3) is 0 Å². The van der Waals surface area contributed by atoms with Crippen LogP contribution in [0.4, 0.5) is 0 Å². The second kappa shape index (κ2) is 5.15. The molecule has 0 radical (unpaired) electrons. The van der Waals surface area contributed by atoms with Crippen LogP contribution in [0.1, 0.15) is 32.1 Å². The van der Waals surface area contributed by atoms with Gasteiger partial charge in [-0.05, 0) is 67.6 Å². The molecule has 0 aliphatic heterocycles. The minimum Gasteiger partial charge on any atom is -0.460 e. The van der Waals surface area contributed by atoms with Crippen LogP contribution < -0.4 is 0 Å². The molecule has 4 bridgehead atoms. The van der Waals surface area contributed by atoms with Gasteiger partial charge in [0.2, 0.25) is 0 Å². The summed E-state index contributed by atoms with van der Waals surface area (Å²) in [5.41, 5.74) is 0. The van der Waals surface area contributed by atoms with E-state index < -0.39 is 11.9 Å². The Kier molecular flexibility index (Phi) is 3.40. The molecule has 0 saturated heterocycles. The van der Waals surface area contributed by atoms with Gasteiger partial charge in [-0.15, -0.1) is 11.6 Å². The molecule has 0 spiro atoms. The fraction of sp³-hybridized carbons (Fsp3) is 0.875. The summed E-state index contributed by atoms with van der Waals surface area (Å²) in [6, 6.07) is 0. The SMILES string of the molecule is O=C(CCl)OCC(=O)OC1CC2CC1C1C3CCC(C3)C21. The molecule has 7 unspecified atom stereocenters. The molecule has 0 N–H and O–H groups in total. The fourth-order valence-electron chi connectivity index (χ4n) is 6.02. The normalized spacial score (nSPS) is 45.7. The number of ether oxygens (including phenoxy) is 2. The van der Waals surface area contributed by atoms with Crippen molar-refractivity contribution in [2.24, 2.45) is 35.5 Å². The highest BCUT2D eigenvalue weighted by atomic mass is 35.5. The summed E-state index contributed by atoms with van der Waals surface area (Å²) in [7, 11) is 0. The van der Waals surface area contributed by atoms with E-state index in [4.69, 9.17) is 21.1 Å². The van der Waals surface area contributed by atoms with Crippen molar-refractivity contribution in [1.82, 2.24) is 0 Å². The van der Waals surface area contributed by atoms with Gasteiger partial charge in [-0.3, -0.25) is 4.79 Å². The standard InChI is InChI=1S/C16H21ClO4/c17-6-13(18)20-7-14(19)21-12-5-10-4-11(12)16-9-2-1-8(3-9)15(10)16/h8-12,15-16H,1-7H2. The van der Waals surface area contributed by atoms with Crippen LogP contribution in [0, 0.1) is 35.5 Å². The second-order valence-electron chi connectivity index (χ2n) is 7.21. The Morgan fingerprint density at radius 1 is 0.952 bits per heavy atom. The largest absolute Gasteiger partial charge is 0.460 e. The third-order valence-corrected chi connectivity index (χ3v) is 6.63. The molecule has 4 aliphatic carbocycles. The zero-order valence-electron chi connectivity index (χ0n) is 12.0. The highest BCUT2D eigenvalue weighted by molar-refractivity contribution is 6.26. The summed E-state index contributed by atoms with van der Waals surface area (Å²) in [5, 5.41) is 0. The highest BCUT2D eigenvalue weighted by Crippen LogP contribution is 2.67. The van der Waals surface area contributed by atoms with Gasteiger partial charge in [0, 0.05) is 0 Å². The number of halogens is 1. The molecule has 4 nitrogen and oxygen atoms in total. The lowest BCUT2D eigenvalue weighted by atomic mass is 9.70. The van der Waals surface area contributed by atoms with Crippen LogP contribution in [-0.2, 0) is 19.1 Å². The van der Waals surface area contributed by atoms with E-state index in [1.54, 1.807) is 0 Å². The maximum absolute atomic E-state index is 11.8. The first-order valence-corrected chi connectivity index (χ1v) is 8.62. The zero-order valence-corrected chi connectivity index (χ0v) is 12.8. The topological polar surface area (TPSA) is 52.6 Å². The Morgan fingerprint density at radius 2 is 1.71 bits per heavy atom. The minimum absolute atomic E-state index is 0.0535. The van der Waals surface area contributed by atoms with E-state index in [0.29, 0.717) is 5.92 Å². The van der Waals surface area contributed by atoms with Gasteiger partial charge in [-0.2, -0.15) is 0 Å². The molecule has 4 saturated carbocycles. The molecule has 0 aromatic heterocycles. The maximum Gasteiger partial charge on any atom is 0.344 e. The number of esters is 2. The van der Waals surface area contributed by atoms with Gasteiger partial charge in [0.15, 0.2) is 6.61 Å². The Bertz CT molecular complexity index is 465. The molecular formula is C16H21ClO4. The van der Waals surface area contributed by atoms with Crippen LogP contribution in [0.25, 0.3) is 0 Å². The van der Waals surface area contributed by atoms with Gasteiger partial charge in [0.1, 0.15) is 12.0 Å². The Morgan fingerprint density at radius 3 is 2.48 bits per heavy atom. The molecule has 4 aliphatic rings. The molecule has 0 aromatic rings. The fourth-order valence-corrected chi connectivity index (χ4v) is 6.10. The van der Waals surface area contributed by atoms with Crippen LogP contribution >= 0.6 is 11.6 Å². The molecule has 0 heterocycles. The molecule has 0 amide bonds. The van der Waals surface area contributed by atoms with E-state index in [1.807, 2.05) is 0 Å². The van der Waals surface area contributed by atoms with Crippen molar-refractivity contribution in [3.8, 4) is 0 Å². The molecule has 5 heteroatoms. The van der Waals surface area contributed by atoms with E-state index in [-0.39, 0.29) is 18.6 Å². The number of rotatable bonds is 4. The van der Waals surface area contributed by atoms with Crippen molar-refractivity contribution < 1.29 is 19.1 Å². The number of alkyl halides is 1. The van der Waals surface area contributed by atoms with Crippen molar-refractivity contribution in [2.75, 3.05) is 12.5 Å². The van der Waals surface area contributed by atoms with Crippen molar-refractivity contribution in [1.29, 1.82) is 0 Å². The summed E-state index contributed by atoms with van der Waals surface area (Å²) in [6.45, 7) is -0.306. The highest BCUT2D eigenvalue weighted by Gasteiger charge is 2.63.